The first kappa shape index (κ1) is 29.8. The van der Waals surface area contributed by atoms with Crippen molar-refractivity contribution >= 4 is 44.3 Å². The Kier molecular flexibility index (Phi) is 8.76. The Balaban J connectivity index is 2.05. The van der Waals surface area contributed by atoms with Crippen LogP contribution in [-0.2, 0) is 22.4 Å². The molecule has 0 spiro atoms. The largest absolute Gasteiger partial charge is 0.493 e. The predicted molar refractivity (Wildman–Crippen MR) is 150 cm³/mol. The Bertz CT molecular complexity index is 1610. The molecule has 3 heterocycles. The summed E-state index contributed by atoms with van der Waals surface area (Å²) in [7, 11) is -1.25. The number of carbonyl (C=O) groups is 1. The van der Waals surface area contributed by atoms with E-state index in [2.05, 4.69) is 5.10 Å². The molecule has 2 aromatic heterocycles. The summed E-state index contributed by atoms with van der Waals surface area (Å²) >= 11 is 6.04. The molecular formula is C26H33ClFN5O6S. The summed E-state index contributed by atoms with van der Waals surface area (Å²) in [6.07, 6.45) is 0.518. The van der Waals surface area contributed by atoms with Gasteiger partial charge in [-0.15, -0.1) is 16.7 Å². The van der Waals surface area contributed by atoms with E-state index in [9.17, 15) is 22.4 Å². The molecule has 11 nitrogen and oxygen atoms in total. The summed E-state index contributed by atoms with van der Waals surface area (Å²) in [4.78, 5) is 29.1. The van der Waals surface area contributed by atoms with Gasteiger partial charge in [-0.05, 0) is 49.9 Å². The van der Waals surface area contributed by atoms with Gasteiger partial charge in [0.2, 0.25) is 10.0 Å². The van der Waals surface area contributed by atoms with Gasteiger partial charge < -0.3 is 19.3 Å². The molecule has 1 aliphatic rings. The molecule has 1 N–H and O–H groups in total. The van der Waals surface area contributed by atoms with Crippen molar-refractivity contribution in [1.82, 2.24) is 19.2 Å². The van der Waals surface area contributed by atoms with E-state index in [1.807, 2.05) is 13.8 Å². The van der Waals surface area contributed by atoms with E-state index in [-0.39, 0.29) is 71.3 Å². The minimum atomic E-state index is -3.94. The SMILES string of the molecule is CCN1C[C@H](C)n2c(c(OC)c3c(=O)n(Cc4ccc(F)cc4CCl)nc(N(C)S(=O)(=O)CCCCO)c32)C1=O. The van der Waals surface area contributed by atoms with E-state index in [1.165, 1.54) is 32.4 Å². The molecule has 1 aliphatic heterocycles. The van der Waals surface area contributed by atoms with Gasteiger partial charge in [0.1, 0.15) is 16.7 Å². The lowest BCUT2D eigenvalue weighted by molar-refractivity contribution is 0.0685. The third kappa shape index (κ3) is 5.17. The summed E-state index contributed by atoms with van der Waals surface area (Å²) in [5.74, 6) is -1.12. The summed E-state index contributed by atoms with van der Waals surface area (Å²) < 4.78 is 50.0. The van der Waals surface area contributed by atoms with Gasteiger partial charge in [-0.2, -0.15) is 0 Å². The number of ether oxygens (including phenoxy) is 1. The number of amides is 1. The number of aliphatic hydroxyl groups excluding tert-OH is 1. The van der Waals surface area contributed by atoms with Gasteiger partial charge >= 0.3 is 0 Å². The maximum absolute atomic E-state index is 14.0. The van der Waals surface area contributed by atoms with Crippen LogP contribution in [0.2, 0.25) is 0 Å². The van der Waals surface area contributed by atoms with Gasteiger partial charge in [-0.25, -0.2) is 17.5 Å². The minimum absolute atomic E-state index is 0.0151. The molecule has 0 radical (unpaired) electrons. The highest BCUT2D eigenvalue weighted by Gasteiger charge is 2.38. The Morgan fingerprint density at radius 1 is 1.25 bits per heavy atom. The quantitative estimate of drug-likeness (QED) is 0.266. The number of fused-ring (bicyclic) bond motifs is 3. The molecule has 4 rings (SSSR count). The van der Waals surface area contributed by atoms with Gasteiger partial charge in [0.15, 0.2) is 17.3 Å². The predicted octanol–water partition coefficient (Wildman–Crippen LogP) is 2.71. The first-order valence-electron chi connectivity index (χ1n) is 12.9. The Hall–Kier alpha value is -3.16. The number of halogens is 2. The van der Waals surface area contributed by atoms with Crippen molar-refractivity contribution in [2.45, 2.75) is 45.2 Å². The fourth-order valence-corrected chi connectivity index (χ4v) is 6.56. The number of carbonyl (C=O) groups excluding carboxylic acids is 1. The number of aliphatic hydroxyl groups is 1. The molecule has 0 fully saturated rings. The number of sulfonamides is 1. The van der Waals surface area contributed by atoms with E-state index in [0.717, 1.165) is 8.99 Å². The van der Waals surface area contributed by atoms with Gasteiger partial charge in [0, 0.05) is 38.7 Å². The topological polar surface area (TPSA) is 127 Å². The number of nitrogens with zero attached hydrogens (tertiary/aromatic N) is 5. The number of benzene rings is 1. The summed E-state index contributed by atoms with van der Waals surface area (Å²) in [6.45, 7) is 4.22. The van der Waals surface area contributed by atoms with Gasteiger partial charge in [0.25, 0.3) is 11.5 Å². The van der Waals surface area contributed by atoms with Gasteiger partial charge in [-0.3, -0.25) is 13.9 Å². The number of aromatic nitrogens is 3. The maximum Gasteiger partial charge on any atom is 0.280 e. The van der Waals surface area contributed by atoms with Crippen molar-refractivity contribution in [2.75, 3.05) is 43.9 Å². The fourth-order valence-electron chi connectivity index (χ4n) is 5.09. The van der Waals surface area contributed by atoms with Gasteiger partial charge in [-0.1, -0.05) is 6.07 Å². The second-order valence-electron chi connectivity index (χ2n) is 9.72. The molecule has 1 amide bonds. The second kappa shape index (κ2) is 11.8. The van der Waals surface area contributed by atoms with Crippen LogP contribution in [0.4, 0.5) is 10.2 Å². The standard InChI is InChI=1S/C26H33ClFN5O6S/c1-5-31-14-16(2)33-21-20(23(39-4)22(33)26(31)36)25(35)32(15-17-8-9-19(28)12-18(17)13-27)29-24(21)30(3)40(37,38)11-7-6-10-34/h8-9,12,16,34H,5-7,10-11,13-15H2,1-4H3/t16-/m0/s1. The van der Waals surface area contributed by atoms with Crippen LogP contribution in [0.5, 0.6) is 5.75 Å². The monoisotopic (exact) mass is 597 g/mol. The molecular weight excluding hydrogens is 565 g/mol. The smallest absolute Gasteiger partial charge is 0.280 e. The number of unbranched alkanes of at least 4 members (excludes halogenated alkanes) is 1. The molecule has 40 heavy (non-hydrogen) atoms. The van der Waals surface area contributed by atoms with E-state index in [4.69, 9.17) is 21.4 Å². The Morgan fingerprint density at radius 2 is 1.98 bits per heavy atom. The lowest BCUT2D eigenvalue weighted by Crippen LogP contribution is -2.42. The molecule has 0 saturated carbocycles. The summed E-state index contributed by atoms with van der Waals surface area (Å²) in [5, 5.41) is 13.7. The van der Waals surface area contributed by atoms with E-state index >= 15 is 0 Å². The zero-order valence-electron chi connectivity index (χ0n) is 22.9. The highest BCUT2D eigenvalue weighted by Crippen LogP contribution is 2.41. The molecule has 218 valence electrons. The van der Waals surface area contributed by atoms with Crippen LogP contribution in [-0.4, -0.2) is 78.3 Å². The molecule has 1 aromatic carbocycles. The van der Waals surface area contributed by atoms with Crippen molar-refractivity contribution < 1.29 is 27.4 Å². The minimum Gasteiger partial charge on any atom is -0.493 e. The molecule has 0 unspecified atom stereocenters. The molecule has 0 aliphatic carbocycles. The Morgan fingerprint density at radius 3 is 2.60 bits per heavy atom. The van der Waals surface area contributed by atoms with Crippen molar-refractivity contribution in [1.29, 1.82) is 0 Å². The summed E-state index contributed by atoms with van der Waals surface area (Å²) in [5.41, 5.74) is 0.693. The highest BCUT2D eigenvalue weighted by atomic mass is 35.5. The fraction of sp³-hybridized carbons (Fsp3) is 0.500. The average molecular weight is 598 g/mol. The molecule has 1 atom stereocenters. The van der Waals surface area contributed by atoms with E-state index < -0.39 is 21.4 Å². The molecule has 14 heteroatoms. The molecule has 3 aromatic rings. The van der Waals surface area contributed by atoms with Crippen molar-refractivity contribution in [3.05, 3.63) is 51.2 Å². The number of rotatable bonds is 11. The molecule has 0 bridgehead atoms. The van der Waals surface area contributed by atoms with Crippen LogP contribution in [0.15, 0.2) is 23.0 Å². The van der Waals surface area contributed by atoms with Gasteiger partial charge in [0.05, 0.1) is 19.4 Å². The van der Waals surface area contributed by atoms with Crippen molar-refractivity contribution in [2.24, 2.45) is 0 Å². The van der Waals surface area contributed by atoms with Crippen molar-refractivity contribution in [3.8, 4) is 5.75 Å². The number of alkyl halides is 1. The normalized spacial score (nSPS) is 15.5. The van der Waals surface area contributed by atoms with Crippen LogP contribution in [0.25, 0.3) is 10.9 Å². The van der Waals surface area contributed by atoms with Crippen LogP contribution < -0.4 is 14.6 Å². The highest BCUT2D eigenvalue weighted by molar-refractivity contribution is 7.92. The number of hydrogen-bond donors (Lipinski definition) is 1. The number of methoxy groups -OCH3 is 1. The van der Waals surface area contributed by atoms with Crippen LogP contribution in [0.1, 0.15) is 54.3 Å². The number of anilines is 1. The third-order valence-corrected chi connectivity index (χ3v) is 9.30. The zero-order chi connectivity index (χ0) is 29.4. The van der Waals surface area contributed by atoms with E-state index in [1.54, 1.807) is 9.47 Å². The van der Waals surface area contributed by atoms with Crippen LogP contribution in [0, 0.1) is 5.82 Å². The van der Waals surface area contributed by atoms with Crippen molar-refractivity contribution in [3.63, 3.8) is 0 Å². The molecule has 0 saturated heterocycles. The maximum atomic E-state index is 14.0. The lowest BCUT2D eigenvalue weighted by atomic mass is 10.1. The zero-order valence-corrected chi connectivity index (χ0v) is 24.4. The number of hydrogen-bond acceptors (Lipinski definition) is 7. The van der Waals surface area contributed by atoms with Crippen LogP contribution in [0.3, 0.4) is 0 Å². The number of likely N-dealkylation sites (N-methyl/N-ethyl adjacent to an activating group) is 1. The summed E-state index contributed by atoms with van der Waals surface area (Å²) in [6, 6.07) is 3.68. The lowest BCUT2D eigenvalue weighted by Gasteiger charge is -2.33. The first-order valence-corrected chi connectivity index (χ1v) is 15.1. The van der Waals surface area contributed by atoms with Crippen LogP contribution >= 0.6 is 11.6 Å². The third-order valence-electron chi connectivity index (χ3n) is 7.20. The first-order chi connectivity index (χ1) is 19.0. The average Bonchev–Trinajstić information content (AvgIpc) is 3.29. The second-order valence-corrected chi connectivity index (χ2v) is 12.1. The Labute approximate surface area is 236 Å². The van der Waals surface area contributed by atoms with E-state index in [0.29, 0.717) is 30.6 Å².